The summed E-state index contributed by atoms with van der Waals surface area (Å²) in [6.45, 7) is 6.05. The molecule has 0 saturated carbocycles. The summed E-state index contributed by atoms with van der Waals surface area (Å²) in [6.07, 6.45) is 3.01. The van der Waals surface area contributed by atoms with Crippen LogP contribution in [0.15, 0.2) is 18.5 Å². The Labute approximate surface area is 87.7 Å². The van der Waals surface area contributed by atoms with Gasteiger partial charge in [-0.15, -0.1) is 0 Å². The lowest BCUT2D eigenvalue weighted by Crippen LogP contribution is -2.21. The fourth-order valence-corrected chi connectivity index (χ4v) is 1.70. The lowest BCUT2D eigenvalue weighted by molar-refractivity contribution is 0.406. The number of nitrogens with two attached hydrogens (primary N) is 1. The van der Waals surface area contributed by atoms with Crippen LogP contribution in [0.3, 0.4) is 0 Å². The third-order valence-electron chi connectivity index (χ3n) is 2.43. The minimum Gasteiger partial charge on any atom is -0.383 e. The van der Waals surface area contributed by atoms with Crippen LogP contribution in [-0.2, 0) is 5.54 Å². The van der Waals surface area contributed by atoms with E-state index in [1.54, 1.807) is 6.07 Å². The van der Waals surface area contributed by atoms with Crippen LogP contribution >= 0.6 is 0 Å². The Morgan fingerprint density at radius 2 is 2.07 bits per heavy atom. The lowest BCUT2D eigenvalue weighted by Gasteiger charge is -2.22. The molecule has 0 bridgehead atoms. The number of pyridine rings is 1. The van der Waals surface area contributed by atoms with Crippen LogP contribution in [0, 0.1) is 5.82 Å². The molecular formula is C11H14FN3. The third-order valence-corrected chi connectivity index (χ3v) is 2.43. The first-order valence-corrected chi connectivity index (χ1v) is 4.83. The van der Waals surface area contributed by atoms with E-state index in [4.69, 9.17) is 5.73 Å². The molecule has 2 aromatic rings. The van der Waals surface area contributed by atoms with Crippen LogP contribution in [-0.4, -0.2) is 9.55 Å². The molecule has 15 heavy (non-hydrogen) atoms. The molecular weight excluding hydrogens is 193 g/mol. The number of anilines is 1. The zero-order valence-corrected chi connectivity index (χ0v) is 9.08. The highest BCUT2D eigenvalue weighted by Crippen LogP contribution is 2.28. The second kappa shape index (κ2) is 2.95. The van der Waals surface area contributed by atoms with Crippen molar-refractivity contribution >= 4 is 16.7 Å². The summed E-state index contributed by atoms with van der Waals surface area (Å²) in [5.74, 6) is 0.0357. The smallest absolute Gasteiger partial charge is 0.165 e. The van der Waals surface area contributed by atoms with Crippen molar-refractivity contribution in [1.82, 2.24) is 9.55 Å². The van der Waals surface area contributed by atoms with Crippen molar-refractivity contribution in [1.29, 1.82) is 0 Å². The van der Waals surface area contributed by atoms with E-state index < -0.39 is 0 Å². The number of aromatic nitrogens is 2. The summed E-state index contributed by atoms with van der Waals surface area (Å²) in [5, 5.41) is 0.671. The zero-order valence-electron chi connectivity index (χ0n) is 9.08. The maximum absolute atomic E-state index is 13.7. The predicted octanol–water partition coefficient (Wildman–Crippen LogP) is 2.51. The Kier molecular flexibility index (Phi) is 1.96. The number of rotatable bonds is 0. The van der Waals surface area contributed by atoms with Gasteiger partial charge in [0, 0.05) is 17.1 Å². The fourth-order valence-electron chi connectivity index (χ4n) is 1.70. The van der Waals surface area contributed by atoms with E-state index >= 15 is 0 Å². The van der Waals surface area contributed by atoms with Gasteiger partial charge in [0.15, 0.2) is 5.82 Å². The Bertz CT molecular complexity index is 508. The Balaban J connectivity index is 2.85. The summed E-state index contributed by atoms with van der Waals surface area (Å²) in [6, 6.07) is 1.80. The molecule has 0 aliphatic carbocycles. The van der Waals surface area contributed by atoms with Crippen molar-refractivity contribution in [3.63, 3.8) is 0 Å². The number of fused-ring (bicyclic) bond motifs is 1. The van der Waals surface area contributed by atoms with Gasteiger partial charge in [-0.1, -0.05) is 0 Å². The molecule has 0 aliphatic heterocycles. The van der Waals surface area contributed by atoms with Gasteiger partial charge in [-0.25, -0.2) is 9.37 Å². The summed E-state index contributed by atoms with van der Waals surface area (Å²) < 4.78 is 15.5. The van der Waals surface area contributed by atoms with E-state index in [0.29, 0.717) is 16.7 Å². The number of hydrogen-bond acceptors (Lipinski definition) is 2. The first kappa shape index (κ1) is 9.96. The van der Waals surface area contributed by atoms with Crippen LogP contribution in [0.4, 0.5) is 10.2 Å². The molecule has 0 aromatic carbocycles. The minimum absolute atomic E-state index is 0.170. The average molecular weight is 207 g/mol. The quantitative estimate of drug-likeness (QED) is 0.721. The molecule has 2 aromatic heterocycles. The SMILES string of the molecule is CC(C)(C)n1ccc2c(N)ncc(F)c21. The van der Waals surface area contributed by atoms with Crippen molar-refractivity contribution in [2.45, 2.75) is 26.3 Å². The van der Waals surface area contributed by atoms with Crippen LogP contribution in [0.2, 0.25) is 0 Å². The maximum Gasteiger partial charge on any atom is 0.165 e. The van der Waals surface area contributed by atoms with Gasteiger partial charge in [-0.3, -0.25) is 0 Å². The highest BCUT2D eigenvalue weighted by molar-refractivity contribution is 5.89. The highest BCUT2D eigenvalue weighted by atomic mass is 19.1. The summed E-state index contributed by atoms with van der Waals surface area (Å²) >= 11 is 0. The molecule has 2 rings (SSSR count). The minimum atomic E-state index is -0.334. The highest BCUT2D eigenvalue weighted by Gasteiger charge is 2.18. The van der Waals surface area contributed by atoms with Crippen molar-refractivity contribution in [3.05, 3.63) is 24.3 Å². The van der Waals surface area contributed by atoms with Gasteiger partial charge in [0.2, 0.25) is 0 Å². The Hall–Kier alpha value is -1.58. The number of halogens is 1. The number of hydrogen-bond donors (Lipinski definition) is 1. The van der Waals surface area contributed by atoms with Gasteiger partial charge in [0.1, 0.15) is 5.82 Å². The molecule has 0 aliphatic rings. The van der Waals surface area contributed by atoms with E-state index in [-0.39, 0.29) is 11.4 Å². The predicted molar refractivity (Wildman–Crippen MR) is 59.1 cm³/mol. The first-order chi connectivity index (χ1) is 6.91. The molecule has 0 amide bonds. The normalized spacial score (nSPS) is 12.3. The van der Waals surface area contributed by atoms with E-state index in [1.807, 2.05) is 31.5 Å². The van der Waals surface area contributed by atoms with Gasteiger partial charge in [-0.2, -0.15) is 0 Å². The third kappa shape index (κ3) is 1.46. The standard InChI is InChI=1S/C11H14FN3/c1-11(2,3)15-5-4-7-9(15)8(12)6-14-10(7)13/h4-6H,1-3H3,(H2,13,14). The molecule has 4 heteroatoms. The topological polar surface area (TPSA) is 43.8 Å². The Morgan fingerprint density at radius 1 is 1.40 bits per heavy atom. The molecule has 0 saturated heterocycles. The van der Waals surface area contributed by atoms with Gasteiger partial charge < -0.3 is 10.3 Å². The van der Waals surface area contributed by atoms with Crippen molar-refractivity contribution in [2.75, 3.05) is 5.73 Å². The van der Waals surface area contributed by atoms with Crippen LogP contribution in [0.5, 0.6) is 0 Å². The molecule has 0 radical (unpaired) electrons. The zero-order chi connectivity index (χ0) is 11.2. The van der Waals surface area contributed by atoms with Gasteiger partial charge >= 0.3 is 0 Å². The average Bonchev–Trinajstić information content (AvgIpc) is 2.55. The van der Waals surface area contributed by atoms with Gasteiger partial charge in [0.05, 0.1) is 11.7 Å². The maximum atomic E-state index is 13.7. The first-order valence-electron chi connectivity index (χ1n) is 4.83. The molecule has 80 valence electrons. The van der Waals surface area contributed by atoms with Crippen molar-refractivity contribution in [3.8, 4) is 0 Å². The second-order valence-corrected chi connectivity index (χ2v) is 4.61. The van der Waals surface area contributed by atoms with Gasteiger partial charge in [-0.05, 0) is 26.8 Å². The fraction of sp³-hybridized carbons (Fsp3) is 0.364. The molecule has 0 spiro atoms. The van der Waals surface area contributed by atoms with E-state index in [2.05, 4.69) is 4.98 Å². The summed E-state index contributed by atoms with van der Waals surface area (Å²) in [5.41, 5.74) is 6.04. The number of nitrogens with zero attached hydrogens (tertiary/aromatic N) is 2. The van der Waals surface area contributed by atoms with Crippen LogP contribution in [0.25, 0.3) is 10.9 Å². The summed E-state index contributed by atoms with van der Waals surface area (Å²) in [4.78, 5) is 3.79. The van der Waals surface area contributed by atoms with E-state index in [9.17, 15) is 4.39 Å². The van der Waals surface area contributed by atoms with Crippen LogP contribution in [0.1, 0.15) is 20.8 Å². The van der Waals surface area contributed by atoms with Crippen molar-refractivity contribution in [2.24, 2.45) is 0 Å². The molecule has 0 atom stereocenters. The second-order valence-electron chi connectivity index (χ2n) is 4.61. The monoisotopic (exact) mass is 207 g/mol. The lowest BCUT2D eigenvalue weighted by atomic mass is 10.1. The molecule has 0 fully saturated rings. The van der Waals surface area contributed by atoms with E-state index in [0.717, 1.165) is 0 Å². The number of nitrogen functional groups attached to an aromatic ring is 1. The summed E-state index contributed by atoms with van der Waals surface area (Å²) in [7, 11) is 0. The molecule has 2 N–H and O–H groups in total. The van der Waals surface area contributed by atoms with Gasteiger partial charge in [0.25, 0.3) is 0 Å². The molecule has 0 unspecified atom stereocenters. The Morgan fingerprint density at radius 3 is 2.67 bits per heavy atom. The molecule has 3 nitrogen and oxygen atoms in total. The molecule has 2 heterocycles. The van der Waals surface area contributed by atoms with E-state index in [1.165, 1.54) is 6.20 Å². The van der Waals surface area contributed by atoms with Crippen LogP contribution < -0.4 is 5.73 Å². The van der Waals surface area contributed by atoms with Crippen molar-refractivity contribution < 1.29 is 4.39 Å². The largest absolute Gasteiger partial charge is 0.383 e.